The van der Waals surface area contributed by atoms with Gasteiger partial charge in [0.05, 0.1) is 5.71 Å². The van der Waals surface area contributed by atoms with Crippen molar-refractivity contribution in [3.05, 3.63) is 88.6 Å². The monoisotopic (exact) mass is 431 g/mol. The Hall–Kier alpha value is -3.59. The number of hydrazone groups is 1. The van der Waals surface area contributed by atoms with E-state index in [-0.39, 0.29) is 11.4 Å². The van der Waals surface area contributed by atoms with Gasteiger partial charge in [-0.3, -0.25) is 0 Å². The minimum absolute atomic E-state index is 0.285. The summed E-state index contributed by atoms with van der Waals surface area (Å²) in [6.07, 6.45) is -1.12. The maximum atomic E-state index is 12.2. The maximum absolute atomic E-state index is 12.2. The first-order valence-electron chi connectivity index (χ1n) is 8.65. The normalized spacial score (nSPS) is 12.0. The molecule has 3 rings (SSSR count). The maximum Gasteiger partial charge on any atom is 0.573 e. The summed E-state index contributed by atoms with van der Waals surface area (Å²) in [5.41, 5.74) is 5.02. The average Bonchev–Trinajstić information content (AvgIpc) is 3.23. The molecule has 2 N–H and O–H groups in total. The predicted molar refractivity (Wildman–Crippen MR) is 112 cm³/mol. The van der Waals surface area contributed by atoms with Crippen LogP contribution in [0.4, 0.5) is 23.7 Å². The van der Waals surface area contributed by atoms with E-state index < -0.39 is 12.4 Å². The zero-order valence-electron chi connectivity index (χ0n) is 15.4. The number of anilines is 1. The second-order valence-corrected chi connectivity index (χ2v) is 6.67. The Morgan fingerprint density at radius 3 is 2.40 bits per heavy atom. The van der Waals surface area contributed by atoms with Gasteiger partial charge < -0.3 is 10.1 Å². The number of nitrogens with zero attached hydrogens (tertiary/aromatic N) is 1. The number of amides is 2. The summed E-state index contributed by atoms with van der Waals surface area (Å²) in [7, 11) is 0. The third-order valence-corrected chi connectivity index (χ3v) is 4.37. The van der Waals surface area contributed by atoms with Gasteiger partial charge in [-0.2, -0.15) is 16.4 Å². The first kappa shape index (κ1) is 21.1. The molecule has 3 aromatic rings. The Morgan fingerprint density at radius 1 is 1.03 bits per heavy atom. The molecule has 0 unspecified atom stereocenters. The molecule has 0 fully saturated rings. The molecule has 0 aliphatic rings. The van der Waals surface area contributed by atoms with Crippen molar-refractivity contribution in [1.29, 1.82) is 0 Å². The summed E-state index contributed by atoms with van der Waals surface area (Å²) < 4.78 is 40.4. The Labute approximate surface area is 174 Å². The number of hydrogen-bond acceptors (Lipinski definition) is 4. The van der Waals surface area contributed by atoms with Crippen molar-refractivity contribution in [3.8, 4) is 5.75 Å². The zero-order valence-corrected chi connectivity index (χ0v) is 16.2. The highest BCUT2D eigenvalue weighted by molar-refractivity contribution is 7.08. The standard InChI is InChI=1S/C21H16F3N3O2S/c22-21(23,24)29-18-9-7-17(8-10-18)25-20(28)27-26-19(16-4-2-1-3-5-16)11-6-15-12-13-30-14-15/h1-14H,(H2,25,27,28). The Balaban J connectivity index is 1.66. The Bertz CT molecular complexity index is 1020. The van der Waals surface area contributed by atoms with Crippen LogP contribution in [0, 0.1) is 0 Å². The molecule has 0 spiro atoms. The molecule has 154 valence electrons. The van der Waals surface area contributed by atoms with Crippen molar-refractivity contribution in [2.75, 3.05) is 5.32 Å². The molecule has 30 heavy (non-hydrogen) atoms. The lowest BCUT2D eigenvalue weighted by atomic mass is 10.1. The summed E-state index contributed by atoms with van der Waals surface area (Å²) in [6, 6.07) is 15.4. The third kappa shape index (κ3) is 6.78. The first-order valence-corrected chi connectivity index (χ1v) is 9.59. The molecule has 0 saturated carbocycles. The summed E-state index contributed by atoms with van der Waals surface area (Å²) in [4.78, 5) is 12.1. The van der Waals surface area contributed by atoms with Crippen LogP contribution in [0.1, 0.15) is 11.1 Å². The van der Waals surface area contributed by atoms with E-state index in [1.165, 1.54) is 12.1 Å². The summed E-state index contributed by atoms with van der Waals surface area (Å²) in [6.45, 7) is 0. The van der Waals surface area contributed by atoms with Gasteiger partial charge in [-0.25, -0.2) is 10.2 Å². The Kier molecular flexibility index (Phi) is 6.87. The van der Waals surface area contributed by atoms with Crippen LogP contribution in [0.3, 0.4) is 0 Å². The first-order chi connectivity index (χ1) is 14.4. The summed E-state index contributed by atoms with van der Waals surface area (Å²) >= 11 is 1.57. The Morgan fingerprint density at radius 2 is 1.77 bits per heavy atom. The number of hydrogen-bond donors (Lipinski definition) is 2. The van der Waals surface area contributed by atoms with Crippen molar-refractivity contribution in [1.82, 2.24) is 5.43 Å². The number of alkyl halides is 3. The van der Waals surface area contributed by atoms with Crippen LogP contribution in [-0.2, 0) is 0 Å². The second kappa shape index (κ2) is 9.75. The number of nitrogens with one attached hydrogen (secondary N) is 2. The number of rotatable bonds is 6. The number of carbonyl (C=O) groups is 1. The number of thiophene rings is 1. The zero-order chi connectivity index (χ0) is 21.4. The molecule has 0 saturated heterocycles. The van der Waals surface area contributed by atoms with Crippen LogP contribution in [0.15, 0.2) is 82.6 Å². The number of carbonyl (C=O) groups excluding carboxylic acids is 1. The highest BCUT2D eigenvalue weighted by Crippen LogP contribution is 2.23. The van der Waals surface area contributed by atoms with E-state index >= 15 is 0 Å². The molecule has 0 bridgehead atoms. The minimum atomic E-state index is -4.77. The summed E-state index contributed by atoms with van der Waals surface area (Å²) in [5.74, 6) is -0.378. The van der Waals surface area contributed by atoms with E-state index in [1.807, 2.05) is 53.2 Å². The van der Waals surface area contributed by atoms with Crippen molar-refractivity contribution in [2.45, 2.75) is 6.36 Å². The van der Waals surface area contributed by atoms with E-state index in [4.69, 9.17) is 0 Å². The SMILES string of the molecule is O=C(NN=C(C=Cc1ccsc1)c1ccccc1)Nc1ccc(OC(F)(F)F)cc1. The number of benzene rings is 2. The lowest BCUT2D eigenvalue weighted by Gasteiger charge is -2.10. The van der Waals surface area contributed by atoms with Crippen molar-refractivity contribution in [3.63, 3.8) is 0 Å². The molecular formula is C21H16F3N3O2S. The molecule has 1 heterocycles. The molecule has 5 nitrogen and oxygen atoms in total. The van der Waals surface area contributed by atoms with Gasteiger partial charge in [0.25, 0.3) is 0 Å². The van der Waals surface area contributed by atoms with Crippen LogP contribution in [0.5, 0.6) is 5.75 Å². The second-order valence-electron chi connectivity index (χ2n) is 5.89. The largest absolute Gasteiger partial charge is 0.573 e. The minimum Gasteiger partial charge on any atom is -0.406 e. The predicted octanol–water partition coefficient (Wildman–Crippen LogP) is 5.89. The van der Waals surface area contributed by atoms with E-state index in [2.05, 4.69) is 20.6 Å². The van der Waals surface area contributed by atoms with Gasteiger partial charge in [-0.15, -0.1) is 13.2 Å². The molecule has 0 aliphatic carbocycles. The quantitative estimate of drug-likeness (QED) is 0.378. The van der Waals surface area contributed by atoms with E-state index in [9.17, 15) is 18.0 Å². The van der Waals surface area contributed by atoms with E-state index in [1.54, 1.807) is 17.4 Å². The highest BCUT2D eigenvalue weighted by Gasteiger charge is 2.30. The van der Waals surface area contributed by atoms with Crippen molar-refractivity contribution >= 4 is 34.8 Å². The molecule has 2 aromatic carbocycles. The fourth-order valence-corrected chi connectivity index (χ4v) is 2.99. The van der Waals surface area contributed by atoms with Gasteiger partial charge in [0.1, 0.15) is 5.75 Å². The fourth-order valence-electron chi connectivity index (χ4n) is 2.36. The van der Waals surface area contributed by atoms with Gasteiger partial charge >= 0.3 is 12.4 Å². The average molecular weight is 431 g/mol. The molecule has 0 radical (unpaired) electrons. The lowest BCUT2D eigenvalue weighted by molar-refractivity contribution is -0.274. The molecular weight excluding hydrogens is 415 g/mol. The van der Waals surface area contributed by atoms with Crippen LogP contribution >= 0.6 is 11.3 Å². The van der Waals surface area contributed by atoms with Gasteiger partial charge in [0.15, 0.2) is 0 Å². The van der Waals surface area contributed by atoms with Gasteiger partial charge in [0, 0.05) is 11.3 Å². The smallest absolute Gasteiger partial charge is 0.406 e. The third-order valence-electron chi connectivity index (χ3n) is 3.67. The van der Waals surface area contributed by atoms with Crippen LogP contribution < -0.4 is 15.5 Å². The van der Waals surface area contributed by atoms with Gasteiger partial charge in [0.2, 0.25) is 0 Å². The molecule has 2 amide bonds. The number of ether oxygens (including phenoxy) is 1. The number of allylic oxidation sites excluding steroid dienone is 1. The van der Waals surface area contributed by atoms with Gasteiger partial charge in [-0.1, -0.05) is 36.4 Å². The van der Waals surface area contributed by atoms with Gasteiger partial charge in [-0.05, 0) is 52.7 Å². The summed E-state index contributed by atoms with van der Waals surface area (Å²) in [5, 5.41) is 10.6. The van der Waals surface area contributed by atoms with E-state index in [0.717, 1.165) is 23.3 Å². The molecule has 1 aromatic heterocycles. The number of urea groups is 1. The highest BCUT2D eigenvalue weighted by atomic mass is 32.1. The fraction of sp³-hybridized carbons (Fsp3) is 0.0476. The van der Waals surface area contributed by atoms with E-state index in [0.29, 0.717) is 5.71 Å². The topological polar surface area (TPSA) is 62.7 Å². The molecule has 0 aliphatic heterocycles. The van der Waals surface area contributed by atoms with Crippen LogP contribution in [-0.4, -0.2) is 18.1 Å². The van der Waals surface area contributed by atoms with Crippen molar-refractivity contribution in [2.24, 2.45) is 5.10 Å². The van der Waals surface area contributed by atoms with Crippen LogP contribution in [0.2, 0.25) is 0 Å². The molecule has 9 heteroatoms. The molecule has 0 atom stereocenters. The number of halogens is 3. The van der Waals surface area contributed by atoms with Crippen LogP contribution in [0.25, 0.3) is 6.08 Å². The van der Waals surface area contributed by atoms with Crippen molar-refractivity contribution < 1.29 is 22.7 Å². The lowest BCUT2D eigenvalue weighted by Crippen LogP contribution is -2.25.